The number of aromatic nitrogens is 2. The van der Waals surface area contributed by atoms with Crippen LogP contribution < -0.4 is 0 Å². The van der Waals surface area contributed by atoms with E-state index in [0.29, 0.717) is 0 Å². The number of benzene rings is 2. The summed E-state index contributed by atoms with van der Waals surface area (Å²) in [7, 11) is 0. The average Bonchev–Trinajstić information content (AvgIpc) is 3.32. The van der Waals surface area contributed by atoms with Gasteiger partial charge in [0.1, 0.15) is 0 Å². The lowest BCUT2D eigenvalue weighted by atomic mass is 10.2. The van der Waals surface area contributed by atoms with Gasteiger partial charge in [0.15, 0.2) is 21.5 Å². The van der Waals surface area contributed by atoms with Crippen molar-refractivity contribution in [1.29, 1.82) is 0 Å². The minimum absolute atomic E-state index is 0.798. The van der Waals surface area contributed by atoms with E-state index in [-0.39, 0.29) is 0 Å². The van der Waals surface area contributed by atoms with Gasteiger partial charge in [-0.3, -0.25) is 0 Å². The van der Waals surface area contributed by atoms with Crippen molar-refractivity contribution >= 4 is 43.1 Å². The van der Waals surface area contributed by atoms with Gasteiger partial charge in [0, 0.05) is 0 Å². The maximum atomic E-state index is 6.09. The van der Waals surface area contributed by atoms with Gasteiger partial charge in [-0.15, -0.1) is 22.7 Å². The van der Waals surface area contributed by atoms with E-state index < -0.39 is 0 Å². The molecule has 0 aliphatic rings. The van der Waals surface area contributed by atoms with E-state index in [9.17, 15) is 0 Å². The van der Waals surface area contributed by atoms with Gasteiger partial charge < -0.3 is 4.42 Å². The van der Waals surface area contributed by atoms with E-state index in [0.717, 1.165) is 32.6 Å². The monoisotopic (exact) mass is 362 g/mol. The Hall–Kier alpha value is -2.50. The van der Waals surface area contributed by atoms with Crippen LogP contribution in [0.3, 0.4) is 0 Å². The summed E-state index contributed by atoms with van der Waals surface area (Å²) in [6, 6.07) is 16.4. The van der Waals surface area contributed by atoms with Gasteiger partial charge >= 0.3 is 0 Å². The summed E-state index contributed by atoms with van der Waals surface area (Å²) < 4.78 is 8.52. The van der Waals surface area contributed by atoms with Crippen molar-refractivity contribution in [2.75, 3.05) is 0 Å². The molecule has 0 saturated heterocycles. The van der Waals surface area contributed by atoms with Gasteiger partial charge in [-0.2, -0.15) is 0 Å². The highest BCUT2D eigenvalue weighted by atomic mass is 32.1. The molecule has 5 rings (SSSR count). The van der Waals surface area contributed by atoms with Crippen LogP contribution >= 0.6 is 22.7 Å². The van der Waals surface area contributed by atoms with Gasteiger partial charge in [-0.25, -0.2) is 9.97 Å². The zero-order chi connectivity index (χ0) is 17.0. The van der Waals surface area contributed by atoms with E-state index in [2.05, 4.69) is 26.0 Å². The molecule has 5 heteroatoms. The normalized spacial score (nSPS) is 11.6. The summed E-state index contributed by atoms with van der Waals surface area (Å²) in [5.74, 6) is 1.60. The molecule has 0 aliphatic carbocycles. The summed E-state index contributed by atoms with van der Waals surface area (Å²) in [5.41, 5.74) is 4.53. The second-order valence-electron chi connectivity index (χ2n) is 6.05. The first kappa shape index (κ1) is 14.8. The van der Waals surface area contributed by atoms with Crippen molar-refractivity contribution in [2.24, 2.45) is 0 Å². The molecule has 0 spiro atoms. The van der Waals surface area contributed by atoms with Crippen LogP contribution in [-0.2, 0) is 0 Å². The Morgan fingerprint density at radius 1 is 0.680 bits per heavy atom. The number of nitrogens with zero attached hydrogens (tertiary/aromatic N) is 2. The number of rotatable bonds is 2. The van der Waals surface area contributed by atoms with Crippen LogP contribution in [0.4, 0.5) is 0 Å². The smallest absolute Gasteiger partial charge is 0.163 e. The summed E-state index contributed by atoms with van der Waals surface area (Å²) in [5, 5.41) is 1.82. The van der Waals surface area contributed by atoms with Gasteiger partial charge in [-0.1, -0.05) is 24.3 Å². The van der Waals surface area contributed by atoms with Crippen molar-refractivity contribution in [3.05, 3.63) is 59.7 Å². The number of thiazole rings is 2. The minimum atomic E-state index is 0.798. The lowest BCUT2D eigenvalue weighted by Crippen LogP contribution is -1.73. The van der Waals surface area contributed by atoms with Crippen molar-refractivity contribution in [1.82, 2.24) is 9.97 Å². The summed E-state index contributed by atoms with van der Waals surface area (Å²) >= 11 is 3.34. The van der Waals surface area contributed by atoms with E-state index in [1.807, 2.05) is 36.4 Å². The van der Waals surface area contributed by atoms with Crippen LogP contribution in [0, 0.1) is 13.8 Å². The molecule has 3 heterocycles. The maximum absolute atomic E-state index is 6.09. The number of fused-ring (bicyclic) bond motifs is 2. The van der Waals surface area contributed by atoms with Gasteiger partial charge in [0.25, 0.3) is 0 Å². The highest BCUT2D eigenvalue weighted by molar-refractivity contribution is 7.22. The fourth-order valence-electron chi connectivity index (χ4n) is 2.95. The number of aryl methyl sites for hydroxylation is 2. The second-order valence-corrected chi connectivity index (χ2v) is 8.05. The topological polar surface area (TPSA) is 38.9 Å². The van der Waals surface area contributed by atoms with Crippen LogP contribution in [0.15, 0.2) is 52.9 Å². The van der Waals surface area contributed by atoms with Crippen molar-refractivity contribution in [3.63, 3.8) is 0 Å². The molecule has 122 valence electrons. The Bertz CT molecular complexity index is 1130. The third-order valence-electron chi connectivity index (χ3n) is 4.25. The molecule has 0 amide bonds. The fraction of sp³-hybridized carbons (Fsp3) is 0.100. The molecule has 3 nitrogen and oxygen atoms in total. The standard InChI is InChI=1S/C20H14N2OS2/c1-11-5-3-7-13-17(11)24-19(21-13)15-9-10-16(23-15)20-22-14-8-4-6-12(2)18(14)25-20/h3-10H,1-2H3. The summed E-state index contributed by atoms with van der Waals surface area (Å²) in [4.78, 5) is 9.43. The van der Waals surface area contributed by atoms with Crippen LogP contribution in [0.2, 0.25) is 0 Å². The zero-order valence-electron chi connectivity index (χ0n) is 13.7. The number of hydrogen-bond donors (Lipinski definition) is 0. The average molecular weight is 362 g/mol. The van der Waals surface area contributed by atoms with Crippen LogP contribution in [0.1, 0.15) is 11.1 Å². The first-order valence-electron chi connectivity index (χ1n) is 8.02. The number of furan rings is 1. The van der Waals surface area contributed by atoms with Gasteiger partial charge in [0.05, 0.1) is 20.4 Å². The van der Waals surface area contributed by atoms with Crippen molar-refractivity contribution in [3.8, 4) is 21.5 Å². The van der Waals surface area contributed by atoms with Crippen LogP contribution in [-0.4, -0.2) is 9.97 Å². The van der Waals surface area contributed by atoms with Crippen molar-refractivity contribution in [2.45, 2.75) is 13.8 Å². The van der Waals surface area contributed by atoms with Crippen LogP contribution in [0.5, 0.6) is 0 Å². The molecule has 0 atom stereocenters. The third-order valence-corrected chi connectivity index (χ3v) is 6.69. The molecular weight excluding hydrogens is 348 g/mol. The second kappa shape index (κ2) is 5.51. The minimum Gasteiger partial charge on any atom is -0.451 e. The first-order chi connectivity index (χ1) is 12.2. The molecule has 0 aliphatic heterocycles. The third kappa shape index (κ3) is 2.39. The fourth-order valence-corrected chi connectivity index (χ4v) is 4.94. The SMILES string of the molecule is Cc1cccc2nc(-c3ccc(-c4nc5cccc(C)c5s4)o3)sc12. The molecule has 25 heavy (non-hydrogen) atoms. The molecule has 0 unspecified atom stereocenters. The van der Waals surface area contributed by atoms with Gasteiger partial charge in [-0.05, 0) is 49.2 Å². The Morgan fingerprint density at radius 3 is 1.60 bits per heavy atom. The van der Waals surface area contributed by atoms with E-state index in [1.54, 1.807) is 22.7 Å². The molecule has 0 fully saturated rings. The highest BCUT2D eigenvalue weighted by Gasteiger charge is 2.15. The predicted octanol–water partition coefficient (Wildman–Crippen LogP) is 6.45. The first-order valence-corrected chi connectivity index (χ1v) is 9.65. The van der Waals surface area contributed by atoms with Gasteiger partial charge in [0.2, 0.25) is 0 Å². The molecule has 5 aromatic rings. The lowest BCUT2D eigenvalue weighted by molar-refractivity contribution is 0.596. The molecule has 0 bridgehead atoms. The highest BCUT2D eigenvalue weighted by Crippen LogP contribution is 2.37. The van der Waals surface area contributed by atoms with E-state index in [1.165, 1.54) is 20.5 Å². The molecule has 3 aromatic heterocycles. The molecule has 2 aromatic carbocycles. The van der Waals surface area contributed by atoms with E-state index in [4.69, 9.17) is 14.4 Å². The Labute approximate surface area is 152 Å². The van der Waals surface area contributed by atoms with E-state index >= 15 is 0 Å². The Balaban J connectivity index is 1.59. The zero-order valence-corrected chi connectivity index (χ0v) is 15.4. The summed E-state index contributed by atoms with van der Waals surface area (Å²) in [6.07, 6.45) is 0. The molecule has 0 N–H and O–H groups in total. The Kier molecular flexibility index (Phi) is 3.26. The maximum Gasteiger partial charge on any atom is 0.163 e. The quantitative estimate of drug-likeness (QED) is 0.362. The Morgan fingerprint density at radius 2 is 1.16 bits per heavy atom. The molecule has 0 radical (unpaired) electrons. The number of hydrogen-bond acceptors (Lipinski definition) is 5. The van der Waals surface area contributed by atoms with Crippen LogP contribution in [0.25, 0.3) is 42.0 Å². The molecule has 0 saturated carbocycles. The molecular formula is C20H14N2OS2. The lowest BCUT2D eigenvalue weighted by Gasteiger charge is -1.90. The largest absolute Gasteiger partial charge is 0.451 e. The predicted molar refractivity (Wildman–Crippen MR) is 105 cm³/mol. The summed E-state index contributed by atoms with van der Waals surface area (Å²) in [6.45, 7) is 4.22. The van der Waals surface area contributed by atoms with Crippen molar-refractivity contribution < 1.29 is 4.42 Å².